The number of carbonyl (C=O) groups excluding carboxylic acids is 2. The van der Waals surface area contributed by atoms with Gasteiger partial charge in [-0.2, -0.15) is 0 Å². The van der Waals surface area contributed by atoms with Crippen molar-refractivity contribution in [2.45, 2.75) is 45.1 Å². The van der Waals surface area contributed by atoms with Crippen molar-refractivity contribution >= 4 is 19.9 Å². The van der Waals surface area contributed by atoms with E-state index in [0.717, 1.165) is 18.4 Å². The minimum atomic E-state index is -1.72. The third kappa shape index (κ3) is 9.32. The van der Waals surface area contributed by atoms with E-state index in [1.54, 1.807) is 0 Å². The lowest BCUT2D eigenvalue weighted by molar-refractivity contribution is -0.148. The second-order valence-electron chi connectivity index (χ2n) is 5.68. The molecule has 1 amide bonds. The first-order chi connectivity index (χ1) is 12.1. The van der Waals surface area contributed by atoms with Crippen molar-refractivity contribution in [1.29, 1.82) is 0 Å². The molecule has 0 aliphatic carbocycles. The number of hydrogen-bond acceptors (Lipinski definition) is 5. The number of carbonyl (C=O) groups is 2. The Morgan fingerprint density at radius 2 is 1.92 bits per heavy atom. The van der Waals surface area contributed by atoms with E-state index in [1.165, 1.54) is 7.11 Å². The van der Waals surface area contributed by atoms with Crippen LogP contribution in [0.1, 0.15) is 38.2 Å². The summed E-state index contributed by atoms with van der Waals surface area (Å²) in [6.07, 6.45) is 3.13. The van der Waals surface area contributed by atoms with Crippen molar-refractivity contribution in [2.75, 3.05) is 19.9 Å². The number of unbranched alkanes of at least 4 members (excludes halogenated alkanes) is 1. The molecule has 1 rings (SSSR count). The van der Waals surface area contributed by atoms with Crippen LogP contribution < -0.4 is 5.32 Å². The van der Waals surface area contributed by atoms with Crippen LogP contribution in [0.25, 0.3) is 0 Å². The fraction of sp³-hybridized carbons (Fsp3) is 0.556. The predicted molar refractivity (Wildman–Crippen MR) is 96.7 cm³/mol. The predicted octanol–water partition coefficient (Wildman–Crippen LogP) is 3.23. The minimum Gasteiger partial charge on any atom is -0.464 e. The molecule has 1 aromatic rings. The van der Waals surface area contributed by atoms with Crippen molar-refractivity contribution in [3.05, 3.63) is 35.9 Å². The number of hydrogen-bond donors (Lipinski definition) is 1. The SMILES string of the molecule is CCCCOC(=O)C(CCC[P+](=O)OC)NC(=O)Cc1ccccc1. The number of rotatable bonds is 12. The highest BCUT2D eigenvalue weighted by Crippen LogP contribution is 2.22. The van der Waals surface area contributed by atoms with Gasteiger partial charge in [-0.05, 0) is 29.4 Å². The number of nitrogens with one attached hydrogen (secondary N) is 1. The zero-order valence-electron chi connectivity index (χ0n) is 14.9. The lowest BCUT2D eigenvalue weighted by atomic mass is 10.1. The summed E-state index contributed by atoms with van der Waals surface area (Å²) in [5, 5.41) is 2.73. The monoisotopic (exact) mass is 368 g/mol. The van der Waals surface area contributed by atoms with Gasteiger partial charge in [0.1, 0.15) is 6.04 Å². The third-order valence-corrected chi connectivity index (χ3v) is 4.70. The molecule has 0 heterocycles. The summed E-state index contributed by atoms with van der Waals surface area (Å²) in [4.78, 5) is 24.4. The fourth-order valence-corrected chi connectivity index (χ4v) is 2.83. The van der Waals surface area contributed by atoms with Gasteiger partial charge in [-0.25, -0.2) is 4.79 Å². The van der Waals surface area contributed by atoms with Crippen LogP contribution in [0.2, 0.25) is 0 Å². The second kappa shape index (κ2) is 12.6. The molecule has 138 valence electrons. The normalized spacial score (nSPS) is 12.3. The molecule has 25 heavy (non-hydrogen) atoms. The van der Waals surface area contributed by atoms with Crippen molar-refractivity contribution in [3.63, 3.8) is 0 Å². The van der Waals surface area contributed by atoms with Crippen LogP contribution in [0.15, 0.2) is 30.3 Å². The van der Waals surface area contributed by atoms with Crippen molar-refractivity contribution in [2.24, 2.45) is 0 Å². The first-order valence-corrected chi connectivity index (χ1v) is 9.91. The topological polar surface area (TPSA) is 81.7 Å². The van der Waals surface area contributed by atoms with Gasteiger partial charge >= 0.3 is 14.0 Å². The molecular formula is C18H27NO5P+. The van der Waals surface area contributed by atoms with E-state index in [1.807, 2.05) is 37.3 Å². The standard InChI is InChI=1S/C18H26NO5P/c1-3-4-12-24-18(21)16(11-8-13-25(22)23-2)19-17(20)14-15-9-6-5-7-10-15/h5-7,9-10,16H,3-4,8,11-14H2,1-2H3/p+1. The van der Waals surface area contributed by atoms with Gasteiger partial charge in [0, 0.05) is 0 Å². The Morgan fingerprint density at radius 1 is 1.20 bits per heavy atom. The molecule has 0 bridgehead atoms. The highest BCUT2D eigenvalue weighted by Gasteiger charge is 2.24. The van der Waals surface area contributed by atoms with E-state index in [-0.39, 0.29) is 12.3 Å². The molecule has 1 aromatic carbocycles. The summed E-state index contributed by atoms with van der Waals surface area (Å²) < 4.78 is 21.3. The first kappa shape index (κ1) is 21.3. The summed E-state index contributed by atoms with van der Waals surface area (Å²) >= 11 is 0. The van der Waals surface area contributed by atoms with Gasteiger partial charge in [-0.3, -0.25) is 4.79 Å². The molecule has 7 heteroatoms. The zero-order valence-corrected chi connectivity index (χ0v) is 15.8. The summed E-state index contributed by atoms with van der Waals surface area (Å²) in [5.41, 5.74) is 0.876. The van der Waals surface area contributed by atoms with E-state index in [0.29, 0.717) is 25.6 Å². The third-order valence-electron chi connectivity index (χ3n) is 3.61. The van der Waals surface area contributed by atoms with Crippen LogP contribution in [0, 0.1) is 0 Å². The number of amides is 1. The molecule has 0 fully saturated rings. The molecule has 2 unspecified atom stereocenters. The number of benzene rings is 1. The molecular weight excluding hydrogens is 341 g/mol. The van der Waals surface area contributed by atoms with E-state index in [4.69, 9.17) is 9.26 Å². The largest absolute Gasteiger partial charge is 0.507 e. The fourth-order valence-electron chi connectivity index (χ4n) is 2.21. The van der Waals surface area contributed by atoms with Crippen LogP contribution in [0.4, 0.5) is 0 Å². The van der Waals surface area contributed by atoms with E-state index < -0.39 is 20.0 Å². The van der Waals surface area contributed by atoms with Crippen LogP contribution in [0.3, 0.4) is 0 Å². The highest BCUT2D eigenvalue weighted by molar-refractivity contribution is 7.39. The van der Waals surface area contributed by atoms with Crippen molar-refractivity contribution in [1.82, 2.24) is 5.32 Å². The lowest BCUT2D eigenvalue weighted by Gasteiger charge is -2.17. The summed E-state index contributed by atoms with van der Waals surface area (Å²) in [5.74, 6) is -0.678. The van der Waals surface area contributed by atoms with Gasteiger partial charge in [-0.15, -0.1) is 4.52 Å². The van der Waals surface area contributed by atoms with Gasteiger partial charge in [-0.1, -0.05) is 43.7 Å². The number of ether oxygens (including phenoxy) is 1. The molecule has 2 atom stereocenters. The molecule has 6 nitrogen and oxygen atoms in total. The van der Waals surface area contributed by atoms with Gasteiger partial charge in [0.25, 0.3) is 0 Å². The molecule has 0 aromatic heterocycles. The smallest absolute Gasteiger partial charge is 0.464 e. The molecule has 0 saturated carbocycles. The van der Waals surface area contributed by atoms with Gasteiger partial charge in [0.15, 0.2) is 6.16 Å². The zero-order chi connectivity index (χ0) is 18.5. The Bertz CT molecular complexity index is 550. The molecule has 1 N–H and O–H groups in total. The molecule has 0 spiro atoms. The Balaban J connectivity index is 2.57. The Morgan fingerprint density at radius 3 is 2.56 bits per heavy atom. The molecule has 0 aliphatic heterocycles. The Hall–Kier alpha value is -1.78. The van der Waals surface area contributed by atoms with Gasteiger partial charge < -0.3 is 10.1 Å². The molecule has 0 saturated heterocycles. The van der Waals surface area contributed by atoms with E-state index >= 15 is 0 Å². The van der Waals surface area contributed by atoms with E-state index in [9.17, 15) is 14.2 Å². The molecule has 0 radical (unpaired) electrons. The lowest BCUT2D eigenvalue weighted by Crippen LogP contribution is -2.42. The minimum absolute atomic E-state index is 0.200. The highest BCUT2D eigenvalue weighted by atomic mass is 31.1. The summed E-state index contributed by atoms with van der Waals surface area (Å²) in [6, 6.07) is 8.59. The van der Waals surface area contributed by atoms with Crippen LogP contribution in [-0.4, -0.2) is 37.8 Å². The van der Waals surface area contributed by atoms with Crippen LogP contribution in [0.5, 0.6) is 0 Å². The quantitative estimate of drug-likeness (QED) is 0.348. The Kier molecular flexibility index (Phi) is 10.7. The number of esters is 1. The average molecular weight is 368 g/mol. The van der Waals surface area contributed by atoms with Gasteiger partial charge in [0.05, 0.1) is 20.1 Å². The van der Waals surface area contributed by atoms with Crippen LogP contribution in [-0.2, 0) is 29.8 Å². The maximum absolute atomic E-state index is 12.2. The Labute approximate surface area is 150 Å². The van der Waals surface area contributed by atoms with Crippen molar-refractivity contribution in [3.8, 4) is 0 Å². The first-order valence-electron chi connectivity index (χ1n) is 8.55. The molecule has 0 aliphatic rings. The maximum atomic E-state index is 12.2. The second-order valence-corrected chi connectivity index (χ2v) is 7.16. The summed E-state index contributed by atoms with van der Waals surface area (Å²) in [7, 11) is -0.331. The average Bonchev–Trinajstić information content (AvgIpc) is 2.61. The van der Waals surface area contributed by atoms with E-state index in [2.05, 4.69) is 5.32 Å². The summed E-state index contributed by atoms with van der Waals surface area (Å²) in [6.45, 7) is 2.35. The van der Waals surface area contributed by atoms with Gasteiger partial charge in [0.2, 0.25) is 5.91 Å². The van der Waals surface area contributed by atoms with Crippen LogP contribution >= 0.6 is 8.03 Å². The maximum Gasteiger partial charge on any atom is 0.507 e. The van der Waals surface area contributed by atoms with Crippen molar-refractivity contribution < 1.29 is 23.4 Å².